The summed E-state index contributed by atoms with van der Waals surface area (Å²) in [6, 6.07) is 7.05. The standard InChI is InChI=1S/C15H15NO2/c17-14-12-8-4-5-9-13(12)15(18)16(14)10-11-6-2-1-3-7-11/h4-6,8-9H,1-3,7,10H2. The number of allylic oxidation sites excluding steroid dienone is 1. The third-order valence-electron chi connectivity index (χ3n) is 3.62. The lowest BCUT2D eigenvalue weighted by molar-refractivity contribution is 0.0666. The van der Waals surface area contributed by atoms with Crippen LogP contribution in [0, 0.1) is 0 Å². The Labute approximate surface area is 106 Å². The highest BCUT2D eigenvalue weighted by molar-refractivity contribution is 6.21. The topological polar surface area (TPSA) is 37.4 Å². The molecule has 18 heavy (non-hydrogen) atoms. The smallest absolute Gasteiger partial charge is 0.261 e. The van der Waals surface area contributed by atoms with Crippen LogP contribution in [0.1, 0.15) is 46.4 Å². The SMILES string of the molecule is O=C1c2ccccc2C(=O)N1CC1=CCCCC1. The second-order valence-corrected chi connectivity index (χ2v) is 4.85. The summed E-state index contributed by atoms with van der Waals surface area (Å²) >= 11 is 0. The number of hydrogen-bond donors (Lipinski definition) is 0. The van der Waals surface area contributed by atoms with Gasteiger partial charge in [0, 0.05) is 0 Å². The summed E-state index contributed by atoms with van der Waals surface area (Å²) in [6.45, 7) is 0.465. The van der Waals surface area contributed by atoms with Crippen LogP contribution in [0.4, 0.5) is 0 Å². The van der Waals surface area contributed by atoms with E-state index in [1.54, 1.807) is 24.3 Å². The second kappa shape index (κ2) is 4.41. The van der Waals surface area contributed by atoms with Gasteiger partial charge in [-0.15, -0.1) is 0 Å². The van der Waals surface area contributed by atoms with Gasteiger partial charge in [-0.3, -0.25) is 14.5 Å². The summed E-state index contributed by atoms with van der Waals surface area (Å²) in [5.41, 5.74) is 2.30. The predicted molar refractivity (Wildman–Crippen MR) is 68.4 cm³/mol. The molecular weight excluding hydrogens is 226 g/mol. The quantitative estimate of drug-likeness (QED) is 0.589. The van der Waals surface area contributed by atoms with Crippen molar-refractivity contribution < 1.29 is 9.59 Å². The lowest BCUT2D eigenvalue weighted by Gasteiger charge is -2.18. The third kappa shape index (κ3) is 1.76. The maximum atomic E-state index is 12.2. The van der Waals surface area contributed by atoms with Crippen molar-refractivity contribution in [2.45, 2.75) is 25.7 Å². The molecule has 0 aromatic heterocycles. The van der Waals surface area contributed by atoms with Gasteiger partial charge in [0.2, 0.25) is 0 Å². The Morgan fingerprint density at radius 3 is 2.22 bits per heavy atom. The lowest BCUT2D eigenvalue weighted by Crippen LogP contribution is -2.32. The minimum absolute atomic E-state index is 0.151. The zero-order valence-corrected chi connectivity index (χ0v) is 10.2. The maximum Gasteiger partial charge on any atom is 0.261 e. The molecule has 92 valence electrons. The average Bonchev–Trinajstić information content (AvgIpc) is 2.66. The number of imide groups is 1. The number of carbonyl (C=O) groups excluding carboxylic acids is 2. The van der Waals surface area contributed by atoms with Crippen LogP contribution >= 0.6 is 0 Å². The van der Waals surface area contributed by atoms with Crippen LogP contribution in [0.15, 0.2) is 35.9 Å². The first-order chi connectivity index (χ1) is 8.77. The number of benzene rings is 1. The number of nitrogens with zero attached hydrogens (tertiary/aromatic N) is 1. The minimum atomic E-state index is -0.151. The summed E-state index contributed by atoms with van der Waals surface area (Å²) < 4.78 is 0. The summed E-state index contributed by atoms with van der Waals surface area (Å²) in [7, 11) is 0. The summed E-state index contributed by atoms with van der Waals surface area (Å²) in [4.78, 5) is 25.7. The van der Waals surface area contributed by atoms with Crippen LogP contribution in [0.25, 0.3) is 0 Å². The van der Waals surface area contributed by atoms with E-state index in [2.05, 4.69) is 6.08 Å². The first-order valence-corrected chi connectivity index (χ1v) is 6.40. The molecule has 0 saturated heterocycles. The van der Waals surface area contributed by atoms with Crippen LogP contribution < -0.4 is 0 Å². The van der Waals surface area contributed by atoms with Gasteiger partial charge in [-0.25, -0.2) is 0 Å². The maximum absolute atomic E-state index is 12.2. The molecule has 3 rings (SSSR count). The number of amides is 2. The van der Waals surface area contributed by atoms with Gasteiger partial charge in [-0.05, 0) is 37.8 Å². The van der Waals surface area contributed by atoms with Crippen molar-refractivity contribution >= 4 is 11.8 Å². The molecule has 0 N–H and O–H groups in total. The molecule has 1 heterocycles. The van der Waals surface area contributed by atoms with Gasteiger partial charge in [0.15, 0.2) is 0 Å². The largest absolute Gasteiger partial charge is 0.270 e. The summed E-state index contributed by atoms with van der Waals surface area (Å²) in [6.07, 6.45) is 6.62. The van der Waals surface area contributed by atoms with Crippen molar-refractivity contribution in [2.75, 3.05) is 6.54 Å². The molecule has 2 aliphatic rings. The Kier molecular flexibility index (Phi) is 2.74. The normalized spacial score (nSPS) is 18.9. The second-order valence-electron chi connectivity index (χ2n) is 4.85. The van der Waals surface area contributed by atoms with E-state index in [0.717, 1.165) is 19.3 Å². The average molecular weight is 241 g/mol. The van der Waals surface area contributed by atoms with Crippen LogP contribution in [-0.4, -0.2) is 23.3 Å². The molecule has 0 radical (unpaired) electrons. The highest BCUT2D eigenvalue weighted by Crippen LogP contribution is 2.25. The third-order valence-corrected chi connectivity index (χ3v) is 3.62. The molecule has 3 nitrogen and oxygen atoms in total. The molecule has 0 unspecified atom stereocenters. The molecule has 1 aromatic rings. The molecular formula is C15H15NO2. The van der Waals surface area contributed by atoms with Crippen molar-refractivity contribution in [3.05, 3.63) is 47.0 Å². The van der Waals surface area contributed by atoms with Gasteiger partial charge in [0.25, 0.3) is 11.8 Å². The molecule has 1 aromatic carbocycles. The fourth-order valence-electron chi connectivity index (χ4n) is 2.63. The van der Waals surface area contributed by atoms with Crippen molar-refractivity contribution in [3.8, 4) is 0 Å². The van der Waals surface area contributed by atoms with Crippen LogP contribution in [-0.2, 0) is 0 Å². The first-order valence-electron chi connectivity index (χ1n) is 6.40. The highest BCUT2D eigenvalue weighted by atomic mass is 16.2. The number of hydrogen-bond acceptors (Lipinski definition) is 2. The Balaban J connectivity index is 1.86. The molecule has 0 spiro atoms. The van der Waals surface area contributed by atoms with Gasteiger partial charge < -0.3 is 0 Å². The van der Waals surface area contributed by atoms with E-state index in [1.807, 2.05) is 0 Å². The Morgan fingerprint density at radius 1 is 1.00 bits per heavy atom. The van der Waals surface area contributed by atoms with Crippen LogP contribution in [0.2, 0.25) is 0 Å². The summed E-state index contributed by atoms with van der Waals surface area (Å²) in [5, 5.41) is 0. The van der Waals surface area contributed by atoms with Gasteiger partial charge in [-0.1, -0.05) is 23.8 Å². The van der Waals surface area contributed by atoms with Crippen molar-refractivity contribution in [3.63, 3.8) is 0 Å². The van der Waals surface area contributed by atoms with E-state index in [1.165, 1.54) is 16.9 Å². The molecule has 3 heteroatoms. The van der Waals surface area contributed by atoms with E-state index in [9.17, 15) is 9.59 Å². The molecule has 1 aliphatic carbocycles. The summed E-state index contributed by atoms with van der Waals surface area (Å²) in [5.74, 6) is -0.302. The highest BCUT2D eigenvalue weighted by Gasteiger charge is 2.35. The number of fused-ring (bicyclic) bond motifs is 1. The first kappa shape index (κ1) is 11.2. The van der Waals surface area contributed by atoms with Gasteiger partial charge in [0.1, 0.15) is 0 Å². The molecule has 0 bridgehead atoms. The molecule has 0 saturated carbocycles. The van der Waals surface area contributed by atoms with Crippen molar-refractivity contribution in [2.24, 2.45) is 0 Å². The van der Waals surface area contributed by atoms with Crippen LogP contribution in [0.5, 0.6) is 0 Å². The van der Waals surface area contributed by atoms with E-state index in [-0.39, 0.29) is 11.8 Å². The van der Waals surface area contributed by atoms with E-state index in [4.69, 9.17) is 0 Å². The van der Waals surface area contributed by atoms with Crippen molar-refractivity contribution in [1.29, 1.82) is 0 Å². The van der Waals surface area contributed by atoms with E-state index >= 15 is 0 Å². The molecule has 0 fully saturated rings. The minimum Gasteiger partial charge on any atom is -0.270 e. The van der Waals surface area contributed by atoms with Gasteiger partial charge >= 0.3 is 0 Å². The van der Waals surface area contributed by atoms with Gasteiger partial charge in [0.05, 0.1) is 17.7 Å². The Morgan fingerprint density at radius 2 is 1.67 bits per heavy atom. The Bertz CT molecular complexity index is 510. The molecule has 2 amide bonds. The monoisotopic (exact) mass is 241 g/mol. The Hall–Kier alpha value is -1.90. The fourth-order valence-corrected chi connectivity index (χ4v) is 2.63. The number of rotatable bonds is 2. The molecule has 1 aliphatic heterocycles. The van der Waals surface area contributed by atoms with Crippen LogP contribution in [0.3, 0.4) is 0 Å². The fraction of sp³-hybridized carbons (Fsp3) is 0.333. The lowest BCUT2D eigenvalue weighted by atomic mass is 9.99. The zero-order chi connectivity index (χ0) is 12.5. The van der Waals surface area contributed by atoms with Crippen molar-refractivity contribution in [1.82, 2.24) is 4.90 Å². The predicted octanol–water partition coefficient (Wildman–Crippen LogP) is 2.78. The van der Waals surface area contributed by atoms with E-state index < -0.39 is 0 Å². The molecule has 0 atom stereocenters. The number of carbonyl (C=O) groups is 2. The van der Waals surface area contributed by atoms with Gasteiger partial charge in [-0.2, -0.15) is 0 Å². The zero-order valence-electron chi connectivity index (χ0n) is 10.2. The van der Waals surface area contributed by atoms with E-state index in [0.29, 0.717) is 17.7 Å².